The molecule has 5 rings (SSSR count). The Balaban J connectivity index is 0.000000207. The third kappa shape index (κ3) is 5.04. The summed E-state index contributed by atoms with van der Waals surface area (Å²) in [7, 11) is 6.32. The van der Waals surface area contributed by atoms with Crippen LogP contribution in [0.3, 0.4) is 0 Å². The number of methoxy groups -OCH3 is 4. The summed E-state index contributed by atoms with van der Waals surface area (Å²) in [5.74, 6) is 3.10. The molecule has 2 aromatic carbocycles. The number of rotatable bonds is 6. The highest BCUT2D eigenvalue weighted by Gasteiger charge is 2.36. The summed E-state index contributed by atoms with van der Waals surface area (Å²) in [6, 6.07) is 10.7. The van der Waals surface area contributed by atoms with Crippen molar-refractivity contribution < 1.29 is 28.5 Å². The van der Waals surface area contributed by atoms with Gasteiger partial charge in [0.1, 0.15) is 6.29 Å². The number of piperidine rings is 3. The van der Waals surface area contributed by atoms with Gasteiger partial charge in [-0.15, -0.1) is 0 Å². The summed E-state index contributed by atoms with van der Waals surface area (Å²) >= 11 is 0. The monoisotopic (exact) mass is 439 g/mol. The Morgan fingerprint density at radius 2 is 1.28 bits per heavy atom. The van der Waals surface area contributed by atoms with Gasteiger partial charge in [0.25, 0.3) is 0 Å². The van der Waals surface area contributed by atoms with Gasteiger partial charge in [0.15, 0.2) is 28.8 Å². The van der Waals surface area contributed by atoms with Gasteiger partial charge in [-0.3, -0.25) is 9.59 Å². The Morgan fingerprint density at radius 3 is 1.75 bits per heavy atom. The molecular weight excluding hydrogens is 410 g/mol. The predicted molar refractivity (Wildman–Crippen MR) is 122 cm³/mol. The van der Waals surface area contributed by atoms with Crippen molar-refractivity contribution in [3.63, 3.8) is 0 Å². The molecule has 0 radical (unpaired) electrons. The van der Waals surface area contributed by atoms with E-state index < -0.39 is 0 Å². The van der Waals surface area contributed by atoms with Crippen LogP contribution in [0.25, 0.3) is 6.08 Å². The van der Waals surface area contributed by atoms with Crippen molar-refractivity contribution >= 4 is 18.1 Å². The zero-order chi connectivity index (χ0) is 23.1. The fraction of sp³-hybridized carbons (Fsp3) is 0.360. The molecule has 0 N–H and O–H groups in total. The first-order valence-electron chi connectivity index (χ1n) is 10.4. The molecule has 0 aliphatic carbocycles. The van der Waals surface area contributed by atoms with E-state index in [2.05, 4.69) is 4.90 Å². The maximum absolute atomic E-state index is 12.3. The number of benzene rings is 2. The smallest absolute Gasteiger partial charge is 0.182 e. The first-order chi connectivity index (χ1) is 15.5. The van der Waals surface area contributed by atoms with Crippen molar-refractivity contribution in [2.24, 2.45) is 5.92 Å². The maximum atomic E-state index is 12.3. The fourth-order valence-corrected chi connectivity index (χ4v) is 3.94. The highest BCUT2D eigenvalue weighted by Crippen LogP contribution is 2.34. The molecule has 0 unspecified atom stereocenters. The number of Topliss-reactive ketones (excluding diaryl/α,β-unsaturated/α-hetero) is 1. The lowest BCUT2D eigenvalue weighted by Crippen LogP contribution is -2.45. The lowest BCUT2D eigenvalue weighted by atomic mass is 9.84. The summed E-state index contributed by atoms with van der Waals surface area (Å²) in [4.78, 5) is 24.9. The standard InChI is InChI=1S/C16H19NO3.C9H10O3/c1-19-14-4-3-11(10-15(14)20-2)9-13-16(18)12-5-7-17(13)8-6-12;1-11-8-4-3-7(6-10)5-9(8)12-2/h3-4,9-10,12H,5-8H2,1-2H3;3-6H,1-2H3. The second kappa shape index (κ2) is 10.7. The molecule has 0 spiro atoms. The van der Waals surface area contributed by atoms with Crippen LogP contribution in [0.1, 0.15) is 28.8 Å². The zero-order valence-electron chi connectivity index (χ0n) is 18.9. The molecule has 2 bridgehead atoms. The number of aldehydes is 1. The minimum Gasteiger partial charge on any atom is -0.493 e. The van der Waals surface area contributed by atoms with Crippen molar-refractivity contribution in [1.29, 1.82) is 0 Å². The Labute approximate surface area is 188 Å². The summed E-state index contributed by atoms with van der Waals surface area (Å²) in [6.45, 7) is 1.99. The van der Waals surface area contributed by atoms with Crippen LogP contribution in [0.2, 0.25) is 0 Å². The number of carbonyl (C=O) groups excluding carboxylic acids is 2. The van der Waals surface area contributed by atoms with E-state index in [0.717, 1.165) is 43.5 Å². The van der Waals surface area contributed by atoms with Gasteiger partial charge in [0, 0.05) is 24.6 Å². The summed E-state index contributed by atoms with van der Waals surface area (Å²) in [5.41, 5.74) is 2.39. The molecule has 2 aromatic rings. The highest BCUT2D eigenvalue weighted by atomic mass is 16.5. The van der Waals surface area contributed by atoms with Gasteiger partial charge in [0.2, 0.25) is 0 Å². The number of allylic oxidation sites excluding steroid dienone is 1. The van der Waals surface area contributed by atoms with Crippen molar-refractivity contribution in [2.75, 3.05) is 41.5 Å². The number of nitrogens with zero attached hydrogens (tertiary/aromatic N) is 1. The fourth-order valence-electron chi connectivity index (χ4n) is 3.94. The van der Waals surface area contributed by atoms with Gasteiger partial charge in [-0.05, 0) is 54.8 Å². The topological polar surface area (TPSA) is 74.3 Å². The van der Waals surface area contributed by atoms with Gasteiger partial charge in [-0.1, -0.05) is 6.07 Å². The van der Waals surface area contributed by atoms with Crippen molar-refractivity contribution in [1.82, 2.24) is 4.90 Å². The van der Waals surface area contributed by atoms with Crippen LogP contribution >= 0.6 is 0 Å². The minimum atomic E-state index is 0.228. The van der Waals surface area contributed by atoms with Crippen molar-refractivity contribution in [2.45, 2.75) is 12.8 Å². The number of hydrogen-bond acceptors (Lipinski definition) is 7. The molecule has 3 heterocycles. The molecule has 7 heteroatoms. The Kier molecular flexibility index (Phi) is 7.76. The van der Waals surface area contributed by atoms with Crippen molar-refractivity contribution in [3.8, 4) is 23.0 Å². The second-order valence-corrected chi connectivity index (χ2v) is 7.50. The molecule has 3 aliphatic heterocycles. The molecule has 0 aromatic heterocycles. The Bertz CT molecular complexity index is 992. The predicted octanol–water partition coefficient (Wildman–Crippen LogP) is 3.86. The molecule has 0 atom stereocenters. The number of fused-ring (bicyclic) bond motifs is 3. The van der Waals surface area contributed by atoms with Crippen LogP contribution in [-0.2, 0) is 4.79 Å². The van der Waals surface area contributed by atoms with E-state index in [0.29, 0.717) is 28.6 Å². The van der Waals surface area contributed by atoms with Gasteiger partial charge >= 0.3 is 0 Å². The lowest BCUT2D eigenvalue weighted by molar-refractivity contribution is -0.125. The number of carbonyl (C=O) groups is 2. The van der Waals surface area contributed by atoms with Gasteiger partial charge < -0.3 is 23.8 Å². The van der Waals surface area contributed by atoms with Crippen LogP contribution in [0.15, 0.2) is 42.1 Å². The average Bonchev–Trinajstić information content (AvgIpc) is 2.86. The molecule has 170 valence electrons. The van der Waals surface area contributed by atoms with Crippen LogP contribution in [0.4, 0.5) is 0 Å². The lowest BCUT2D eigenvalue weighted by Gasteiger charge is -2.41. The number of hydrogen-bond donors (Lipinski definition) is 0. The summed E-state index contributed by atoms with van der Waals surface area (Å²) in [6.07, 6.45) is 4.74. The van der Waals surface area contributed by atoms with Gasteiger partial charge in [-0.25, -0.2) is 0 Å². The van der Waals surface area contributed by atoms with Crippen LogP contribution in [-0.4, -0.2) is 58.5 Å². The SMILES string of the molecule is COc1ccc(C=C2C(=O)C3CCN2CC3)cc1OC.COc1ccc(C=O)cc1OC. The third-order valence-electron chi connectivity index (χ3n) is 5.71. The van der Waals surface area contributed by atoms with Crippen LogP contribution in [0, 0.1) is 5.92 Å². The van der Waals surface area contributed by atoms with Crippen LogP contribution in [0.5, 0.6) is 23.0 Å². The second-order valence-electron chi connectivity index (χ2n) is 7.50. The number of ether oxygens (including phenoxy) is 4. The van der Waals surface area contributed by atoms with Crippen LogP contribution < -0.4 is 18.9 Å². The van der Waals surface area contributed by atoms with E-state index in [4.69, 9.17) is 18.9 Å². The van der Waals surface area contributed by atoms with E-state index in [1.54, 1.807) is 39.5 Å². The third-order valence-corrected chi connectivity index (χ3v) is 5.71. The first kappa shape index (κ1) is 23.2. The zero-order valence-corrected chi connectivity index (χ0v) is 18.9. The Hall–Kier alpha value is -3.48. The van der Waals surface area contributed by atoms with Crippen molar-refractivity contribution in [3.05, 3.63) is 53.2 Å². The molecule has 0 saturated carbocycles. The largest absolute Gasteiger partial charge is 0.493 e. The summed E-state index contributed by atoms with van der Waals surface area (Å²) < 4.78 is 20.5. The average molecular weight is 440 g/mol. The van der Waals surface area contributed by atoms with E-state index in [-0.39, 0.29) is 11.7 Å². The van der Waals surface area contributed by atoms with Gasteiger partial charge in [-0.2, -0.15) is 0 Å². The normalized spacial score (nSPS) is 16.3. The van der Waals surface area contributed by atoms with E-state index in [1.165, 1.54) is 7.11 Å². The molecule has 3 fully saturated rings. The summed E-state index contributed by atoms with van der Waals surface area (Å²) in [5, 5.41) is 0. The maximum Gasteiger partial charge on any atom is 0.182 e. The molecule has 7 nitrogen and oxygen atoms in total. The van der Waals surface area contributed by atoms with E-state index in [1.807, 2.05) is 24.3 Å². The van der Waals surface area contributed by atoms with Gasteiger partial charge in [0.05, 0.1) is 34.1 Å². The Morgan fingerprint density at radius 1 is 0.781 bits per heavy atom. The highest BCUT2D eigenvalue weighted by molar-refractivity contribution is 6.01. The molecule has 32 heavy (non-hydrogen) atoms. The molecule has 3 aliphatic rings. The molecule has 0 amide bonds. The molecular formula is C25H29NO6. The minimum absolute atomic E-state index is 0.228. The van der Waals surface area contributed by atoms with E-state index >= 15 is 0 Å². The number of ketones is 1. The quantitative estimate of drug-likeness (QED) is 0.500. The molecule has 3 saturated heterocycles. The first-order valence-corrected chi connectivity index (χ1v) is 10.4. The van der Waals surface area contributed by atoms with E-state index in [9.17, 15) is 9.59 Å².